The minimum Gasteiger partial charge on any atom is -0.465 e. The Hall–Kier alpha value is -2.82. The third kappa shape index (κ3) is 2.61. The third-order valence-corrected chi connectivity index (χ3v) is 2.71. The molecule has 5 nitrogen and oxygen atoms in total. The second kappa shape index (κ2) is 5.05. The Morgan fingerprint density at radius 1 is 1.35 bits per heavy atom. The van der Waals surface area contributed by atoms with Gasteiger partial charge in [-0.2, -0.15) is 0 Å². The molecule has 2 heterocycles. The molecule has 0 spiro atoms. The first-order valence-electron chi connectivity index (χ1n) is 6.10. The van der Waals surface area contributed by atoms with Gasteiger partial charge < -0.3 is 14.2 Å². The van der Waals surface area contributed by atoms with Gasteiger partial charge in [0.1, 0.15) is 11.3 Å². The molecular weight excluding hydrogens is 256 g/mol. The molecule has 0 aliphatic heterocycles. The van der Waals surface area contributed by atoms with Crippen LogP contribution in [0.2, 0.25) is 0 Å². The van der Waals surface area contributed by atoms with E-state index < -0.39 is 0 Å². The zero-order valence-corrected chi connectivity index (χ0v) is 10.8. The Labute approximate surface area is 114 Å². The van der Waals surface area contributed by atoms with E-state index in [2.05, 4.69) is 10.3 Å². The van der Waals surface area contributed by atoms with Gasteiger partial charge in [0.05, 0.1) is 6.26 Å². The van der Waals surface area contributed by atoms with Gasteiger partial charge in [0.15, 0.2) is 11.5 Å². The molecule has 1 amide bonds. The number of aryl methyl sites for hydroxylation is 1. The summed E-state index contributed by atoms with van der Waals surface area (Å²) in [6.45, 7) is 1.78. The average molecular weight is 268 g/mol. The maximum absolute atomic E-state index is 11.8. The number of amides is 1. The highest BCUT2D eigenvalue weighted by atomic mass is 16.3. The molecular formula is C15H12N2O3. The van der Waals surface area contributed by atoms with Crippen LogP contribution in [0.5, 0.6) is 0 Å². The van der Waals surface area contributed by atoms with Gasteiger partial charge in [-0.1, -0.05) is 0 Å². The van der Waals surface area contributed by atoms with Gasteiger partial charge in [-0.15, -0.1) is 0 Å². The van der Waals surface area contributed by atoms with Gasteiger partial charge in [-0.25, -0.2) is 4.98 Å². The fourth-order valence-corrected chi connectivity index (χ4v) is 1.85. The lowest BCUT2D eigenvalue weighted by atomic mass is 10.3. The van der Waals surface area contributed by atoms with Crippen molar-refractivity contribution in [1.82, 2.24) is 4.98 Å². The Bertz CT molecular complexity index is 770. The van der Waals surface area contributed by atoms with E-state index in [4.69, 9.17) is 8.83 Å². The van der Waals surface area contributed by atoms with Crippen LogP contribution < -0.4 is 5.32 Å². The Kier molecular flexibility index (Phi) is 3.09. The minimum atomic E-state index is -0.239. The van der Waals surface area contributed by atoms with Crippen LogP contribution >= 0.6 is 0 Å². The minimum absolute atomic E-state index is 0.239. The lowest BCUT2D eigenvalue weighted by molar-refractivity contribution is -0.111. The number of hydrogen-bond donors (Lipinski definition) is 1. The van der Waals surface area contributed by atoms with E-state index in [1.807, 2.05) is 0 Å². The van der Waals surface area contributed by atoms with Crippen LogP contribution in [-0.4, -0.2) is 10.9 Å². The number of rotatable bonds is 3. The lowest BCUT2D eigenvalue weighted by Gasteiger charge is -2.00. The maximum Gasteiger partial charge on any atom is 0.248 e. The SMILES string of the molecule is Cc1nc2ccc(NC(=O)/C=C/c3ccco3)cc2o1. The quantitative estimate of drug-likeness (QED) is 0.739. The van der Waals surface area contributed by atoms with Crippen LogP contribution in [-0.2, 0) is 4.79 Å². The Morgan fingerprint density at radius 3 is 3.05 bits per heavy atom. The smallest absolute Gasteiger partial charge is 0.248 e. The molecule has 0 atom stereocenters. The number of aromatic nitrogens is 1. The van der Waals surface area contributed by atoms with Gasteiger partial charge >= 0.3 is 0 Å². The maximum atomic E-state index is 11.8. The predicted molar refractivity (Wildman–Crippen MR) is 75.1 cm³/mol. The number of nitrogens with zero attached hydrogens (tertiary/aromatic N) is 1. The molecule has 0 bridgehead atoms. The second-order valence-corrected chi connectivity index (χ2v) is 4.25. The van der Waals surface area contributed by atoms with Crippen molar-refractivity contribution in [2.24, 2.45) is 0 Å². The highest BCUT2D eigenvalue weighted by Gasteiger charge is 2.04. The molecule has 0 aliphatic carbocycles. The van der Waals surface area contributed by atoms with E-state index in [0.29, 0.717) is 22.9 Å². The van der Waals surface area contributed by atoms with Crippen molar-refractivity contribution in [3.8, 4) is 0 Å². The first-order chi connectivity index (χ1) is 9.70. The summed E-state index contributed by atoms with van der Waals surface area (Å²) in [5.74, 6) is 0.986. The standard InChI is InChI=1S/C15H12N2O3/c1-10-16-13-6-4-11(9-14(13)20-10)17-15(18)7-5-12-3-2-8-19-12/h2-9H,1H3,(H,17,18)/b7-5+. The zero-order chi connectivity index (χ0) is 13.9. The molecule has 1 aromatic carbocycles. The van der Waals surface area contributed by atoms with E-state index in [0.717, 1.165) is 5.52 Å². The first kappa shape index (κ1) is 12.2. The van der Waals surface area contributed by atoms with Gasteiger partial charge in [0.25, 0.3) is 0 Å². The monoisotopic (exact) mass is 268 g/mol. The van der Waals surface area contributed by atoms with Crippen molar-refractivity contribution in [1.29, 1.82) is 0 Å². The highest BCUT2D eigenvalue weighted by Crippen LogP contribution is 2.19. The number of carbonyl (C=O) groups excluding carboxylic acids is 1. The fourth-order valence-electron chi connectivity index (χ4n) is 1.85. The molecule has 0 saturated carbocycles. The number of furan rings is 1. The molecule has 20 heavy (non-hydrogen) atoms. The number of benzene rings is 1. The van der Waals surface area contributed by atoms with E-state index in [1.165, 1.54) is 6.08 Å². The topological polar surface area (TPSA) is 68.3 Å². The molecule has 100 valence electrons. The second-order valence-electron chi connectivity index (χ2n) is 4.25. The fraction of sp³-hybridized carbons (Fsp3) is 0.0667. The average Bonchev–Trinajstić information content (AvgIpc) is 3.04. The van der Waals surface area contributed by atoms with Crippen molar-refractivity contribution in [3.63, 3.8) is 0 Å². The van der Waals surface area contributed by atoms with Crippen LogP contribution in [0.4, 0.5) is 5.69 Å². The molecule has 0 unspecified atom stereocenters. The van der Waals surface area contributed by atoms with Crippen molar-refractivity contribution >= 4 is 28.8 Å². The molecule has 0 radical (unpaired) electrons. The summed E-state index contributed by atoms with van der Waals surface area (Å²) in [7, 11) is 0. The molecule has 2 aromatic heterocycles. The first-order valence-corrected chi connectivity index (χ1v) is 6.10. The number of anilines is 1. The van der Waals surface area contributed by atoms with Gasteiger partial charge in [-0.05, 0) is 30.3 Å². The van der Waals surface area contributed by atoms with Gasteiger partial charge in [-0.3, -0.25) is 4.79 Å². The van der Waals surface area contributed by atoms with Crippen molar-refractivity contribution in [3.05, 3.63) is 54.3 Å². The molecule has 1 N–H and O–H groups in total. The van der Waals surface area contributed by atoms with Crippen molar-refractivity contribution in [2.75, 3.05) is 5.32 Å². The Balaban J connectivity index is 1.73. The number of hydrogen-bond acceptors (Lipinski definition) is 4. The van der Waals surface area contributed by atoms with E-state index >= 15 is 0 Å². The van der Waals surface area contributed by atoms with Crippen LogP contribution in [0.15, 0.2) is 51.5 Å². The third-order valence-electron chi connectivity index (χ3n) is 2.71. The largest absolute Gasteiger partial charge is 0.465 e. The highest BCUT2D eigenvalue weighted by molar-refractivity contribution is 6.02. The van der Waals surface area contributed by atoms with E-state index in [9.17, 15) is 4.79 Å². The summed E-state index contributed by atoms with van der Waals surface area (Å²) in [5, 5.41) is 2.75. The normalized spacial score (nSPS) is 11.2. The molecule has 5 heteroatoms. The summed E-state index contributed by atoms with van der Waals surface area (Å²) in [6, 6.07) is 8.86. The van der Waals surface area contributed by atoms with Crippen LogP contribution in [0, 0.1) is 6.92 Å². The summed E-state index contributed by atoms with van der Waals surface area (Å²) in [6.07, 6.45) is 4.57. The molecule has 3 aromatic rings. The zero-order valence-electron chi connectivity index (χ0n) is 10.8. The van der Waals surface area contributed by atoms with Gasteiger partial charge in [0, 0.05) is 24.8 Å². The molecule has 0 aliphatic rings. The molecule has 0 saturated heterocycles. The number of nitrogens with one attached hydrogen (secondary N) is 1. The number of fused-ring (bicyclic) bond motifs is 1. The van der Waals surface area contributed by atoms with Crippen LogP contribution in [0.3, 0.4) is 0 Å². The summed E-state index contributed by atoms with van der Waals surface area (Å²) in [4.78, 5) is 16.0. The van der Waals surface area contributed by atoms with Crippen LogP contribution in [0.1, 0.15) is 11.7 Å². The molecule has 0 fully saturated rings. The lowest BCUT2D eigenvalue weighted by Crippen LogP contribution is -2.07. The van der Waals surface area contributed by atoms with E-state index in [-0.39, 0.29) is 5.91 Å². The Morgan fingerprint density at radius 2 is 2.25 bits per heavy atom. The van der Waals surface area contributed by atoms with Crippen LogP contribution in [0.25, 0.3) is 17.2 Å². The number of carbonyl (C=O) groups is 1. The summed E-state index contributed by atoms with van der Waals surface area (Å²) < 4.78 is 10.5. The van der Waals surface area contributed by atoms with Crippen molar-refractivity contribution < 1.29 is 13.6 Å². The van der Waals surface area contributed by atoms with Gasteiger partial charge in [0.2, 0.25) is 5.91 Å². The molecule has 3 rings (SSSR count). The summed E-state index contributed by atoms with van der Waals surface area (Å²) >= 11 is 0. The predicted octanol–water partition coefficient (Wildman–Crippen LogP) is 3.38. The summed E-state index contributed by atoms with van der Waals surface area (Å²) in [5.41, 5.74) is 2.07. The van der Waals surface area contributed by atoms with Crippen molar-refractivity contribution in [2.45, 2.75) is 6.92 Å². The van der Waals surface area contributed by atoms with E-state index in [1.54, 1.807) is 49.6 Å². The number of oxazole rings is 1.